The monoisotopic (exact) mass is 207 g/mol. The Morgan fingerprint density at radius 3 is 3.00 bits per heavy atom. The summed E-state index contributed by atoms with van der Waals surface area (Å²) >= 11 is 1.26. The van der Waals surface area contributed by atoms with Crippen LogP contribution in [0.15, 0.2) is 24.3 Å². The zero-order chi connectivity index (χ0) is 9.97. The van der Waals surface area contributed by atoms with Crippen molar-refractivity contribution >= 4 is 17.0 Å². The predicted octanol–water partition coefficient (Wildman–Crippen LogP) is 2.88. The van der Waals surface area contributed by atoms with Crippen LogP contribution in [0.1, 0.15) is 29.2 Å². The Labute approximate surface area is 87.9 Å². The molecule has 1 aromatic rings. The van der Waals surface area contributed by atoms with Crippen molar-refractivity contribution in [2.75, 3.05) is 0 Å². The minimum Gasteiger partial charge on any atom is -0.361 e. The lowest BCUT2D eigenvalue weighted by molar-refractivity contribution is 0.267. The van der Waals surface area contributed by atoms with Crippen LogP contribution in [0.2, 0.25) is 0 Å². The number of fused-ring (bicyclic) bond motifs is 1. The van der Waals surface area contributed by atoms with Crippen LogP contribution in [0.4, 0.5) is 4.79 Å². The molecule has 0 bridgehead atoms. The molecule has 0 aliphatic heterocycles. The van der Waals surface area contributed by atoms with E-state index in [1.807, 2.05) is 6.07 Å². The van der Waals surface area contributed by atoms with Gasteiger partial charge in [0.2, 0.25) is 0 Å². The van der Waals surface area contributed by atoms with Gasteiger partial charge in [-0.2, -0.15) is 0 Å². The second kappa shape index (κ2) is 4.05. The number of rotatable bonds is 1. The predicted molar refractivity (Wildman–Crippen MR) is 59.3 cm³/mol. The molecule has 2 rings (SSSR count). The molecule has 0 aromatic heterocycles. The van der Waals surface area contributed by atoms with E-state index in [0.29, 0.717) is 0 Å². The molecular weight excluding hydrogens is 194 g/mol. The molecule has 0 fully saturated rings. The number of carbonyl (C=O) groups excluding carboxylic acids is 1. The zero-order valence-electron chi connectivity index (χ0n) is 7.90. The lowest BCUT2D eigenvalue weighted by Gasteiger charge is -2.23. The smallest absolute Gasteiger partial charge is 0.277 e. The first-order chi connectivity index (χ1) is 6.77. The Morgan fingerprint density at radius 2 is 2.21 bits per heavy atom. The molecule has 0 spiro atoms. The molecule has 0 radical (unpaired) electrons. The molecule has 0 saturated heterocycles. The average molecular weight is 207 g/mol. The number of aryl methyl sites for hydroxylation is 1. The van der Waals surface area contributed by atoms with Crippen LogP contribution in [0.25, 0.3) is 0 Å². The quantitative estimate of drug-likeness (QED) is 0.769. The summed E-state index contributed by atoms with van der Waals surface area (Å²) in [6, 6.07) is 8.33. The highest BCUT2D eigenvalue weighted by Crippen LogP contribution is 2.39. The summed E-state index contributed by atoms with van der Waals surface area (Å²) in [7, 11) is 0. The Morgan fingerprint density at radius 1 is 1.43 bits per heavy atom. The second-order valence-electron chi connectivity index (χ2n) is 3.52. The molecule has 14 heavy (non-hydrogen) atoms. The number of nitrogens with two attached hydrogens (primary N) is 1. The number of amides is 1. The molecule has 2 nitrogen and oxygen atoms in total. The largest absolute Gasteiger partial charge is 0.361 e. The maximum Gasteiger partial charge on any atom is 0.277 e. The van der Waals surface area contributed by atoms with Crippen LogP contribution in [-0.2, 0) is 6.42 Å². The minimum atomic E-state index is -0.272. The third kappa shape index (κ3) is 1.93. The van der Waals surface area contributed by atoms with Crippen LogP contribution in [0, 0.1) is 0 Å². The van der Waals surface area contributed by atoms with Crippen LogP contribution >= 0.6 is 11.8 Å². The van der Waals surface area contributed by atoms with Gasteiger partial charge in [0.25, 0.3) is 5.24 Å². The van der Waals surface area contributed by atoms with Gasteiger partial charge in [0.05, 0.1) is 0 Å². The van der Waals surface area contributed by atoms with Crippen LogP contribution < -0.4 is 5.73 Å². The second-order valence-corrected chi connectivity index (χ2v) is 4.72. The molecule has 3 heteroatoms. The summed E-state index contributed by atoms with van der Waals surface area (Å²) in [5.41, 5.74) is 7.87. The summed E-state index contributed by atoms with van der Waals surface area (Å²) in [4.78, 5) is 10.9. The summed E-state index contributed by atoms with van der Waals surface area (Å²) in [6.45, 7) is 0. The molecule has 74 valence electrons. The molecule has 0 saturated carbocycles. The van der Waals surface area contributed by atoms with Gasteiger partial charge < -0.3 is 5.73 Å². The molecule has 2 N–H and O–H groups in total. The standard InChI is InChI=1S/C11H13NOS/c12-11(13)14-10-7-3-5-8-4-1-2-6-9(8)10/h1-2,4,6,10H,3,5,7H2,(H2,12,13). The van der Waals surface area contributed by atoms with E-state index >= 15 is 0 Å². The number of primary amides is 1. The zero-order valence-corrected chi connectivity index (χ0v) is 8.72. The van der Waals surface area contributed by atoms with Crippen molar-refractivity contribution in [1.82, 2.24) is 0 Å². The maximum absolute atomic E-state index is 10.9. The van der Waals surface area contributed by atoms with Gasteiger partial charge in [0.15, 0.2) is 0 Å². The fourth-order valence-electron chi connectivity index (χ4n) is 1.97. The van der Waals surface area contributed by atoms with Crippen molar-refractivity contribution in [2.45, 2.75) is 24.5 Å². The Balaban J connectivity index is 2.26. The first-order valence-corrected chi connectivity index (χ1v) is 5.69. The topological polar surface area (TPSA) is 43.1 Å². The van der Waals surface area contributed by atoms with E-state index in [1.54, 1.807) is 0 Å². The van der Waals surface area contributed by atoms with Gasteiger partial charge in [-0.3, -0.25) is 4.79 Å². The third-order valence-electron chi connectivity index (χ3n) is 2.57. The van der Waals surface area contributed by atoms with Crippen LogP contribution in [-0.4, -0.2) is 5.24 Å². The average Bonchev–Trinajstić information content (AvgIpc) is 2.18. The van der Waals surface area contributed by atoms with Gasteiger partial charge >= 0.3 is 0 Å². The van der Waals surface area contributed by atoms with Crippen molar-refractivity contribution in [2.24, 2.45) is 5.73 Å². The molecule has 0 heterocycles. The Hall–Kier alpha value is -0.960. The number of hydrogen-bond donors (Lipinski definition) is 1. The Bertz CT molecular complexity index is 351. The van der Waals surface area contributed by atoms with Crippen molar-refractivity contribution in [3.8, 4) is 0 Å². The van der Waals surface area contributed by atoms with E-state index in [1.165, 1.54) is 22.9 Å². The fourth-order valence-corrected chi connectivity index (χ4v) is 2.89. The Kier molecular flexibility index (Phi) is 2.77. The van der Waals surface area contributed by atoms with Crippen LogP contribution in [0.5, 0.6) is 0 Å². The van der Waals surface area contributed by atoms with Crippen molar-refractivity contribution in [3.05, 3.63) is 35.4 Å². The summed E-state index contributed by atoms with van der Waals surface area (Å²) < 4.78 is 0. The first kappa shape index (κ1) is 9.59. The van der Waals surface area contributed by atoms with Gasteiger partial charge in [-0.1, -0.05) is 36.0 Å². The summed E-state index contributed by atoms with van der Waals surface area (Å²) in [5.74, 6) is 0. The SMILES string of the molecule is NC(=O)SC1CCCc2ccccc21. The van der Waals surface area contributed by atoms with Gasteiger partial charge in [0, 0.05) is 5.25 Å². The molecule has 1 unspecified atom stereocenters. The van der Waals surface area contributed by atoms with Gasteiger partial charge in [-0.25, -0.2) is 0 Å². The van der Waals surface area contributed by atoms with E-state index in [9.17, 15) is 4.79 Å². The molecular formula is C11H13NOS. The first-order valence-electron chi connectivity index (χ1n) is 4.81. The number of benzene rings is 1. The molecule has 1 aromatic carbocycles. The molecule has 1 aliphatic rings. The lowest BCUT2D eigenvalue weighted by atomic mass is 9.91. The molecule has 1 atom stereocenters. The third-order valence-corrected chi connectivity index (χ3v) is 3.58. The van der Waals surface area contributed by atoms with Crippen molar-refractivity contribution in [3.63, 3.8) is 0 Å². The number of thioether (sulfide) groups is 1. The summed E-state index contributed by atoms with van der Waals surface area (Å²) in [6.07, 6.45) is 3.35. The van der Waals surface area contributed by atoms with Gasteiger partial charge in [-0.15, -0.1) is 0 Å². The van der Waals surface area contributed by atoms with Crippen LogP contribution in [0.3, 0.4) is 0 Å². The molecule has 1 aliphatic carbocycles. The van der Waals surface area contributed by atoms with Crippen molar-refractivity contribution < 1.29 is 4.79 Å². The number of hydrogen-bond acceptors (Lipinski definition) is 2. The highest BCUT2D eigenvalue weighted by molar-refractivity contribution is 8.13. The maximum atomic E-state index is 10.9. The van der Waals surface area contributed by atoms with E-state index in [4.69, 9.17) is 5.73 Å². The van der Waals surface area contributed by atoms with E-state index in [2.05, 4.69) is 18.2 Å². The van der Waals surface area contributed by atoms with E-state index < -0.39 is 0 Å². The highest BCUT2D eigenvalue weighted by atomic mass is 32.2. The van der Waals surface area contributed by atoms with E-state index in [-0.39, 0.29) is 10.5 Å². The fraction of sp³-hybridized carbons (Fsp3) is 0.364. The number of carbonyl (C=O) groups is 1. The lowest BCUT2D eigenvalue weighted by Crippen LogP contribution is -2.12. The highest BCUT2D eigenvalue weighted by Gasteiger charge is 2.21. The minimum absolute atomic E-state index is 0.272. The van der Waals surface area contributed by atoms with Gasteiger partial charge in [0.1, 0.15) is 0 Å². The molecule has 1 amide bonds. The van der Waals surface area contributed by atoms with Gasteiger partial charge in [-0.05, 0) is 30.4 Å². The van der Waals surface area contributed by atoms with Crippen molar-refractivity contribution in [1.29, 1.82) is 0 Å². The van der Waals surface area contributed by atoms with E-state index in [0.717, 1.165) is 19.3 Å². The normalized spacial score (nSPS) is 20.1. The summed E-state index contributed by atoms with van der Waals surface area (Å²) in [5, 5.41) is 0.00385.